The van der Waals surface area contributed by atoms with Crippen molar-refractivity contribution in [3.63, 3.8) is 0 Å². The maximum Gasteiger partial charge on any atom is 0.416 e. The lowest BCUT2D eigenvalue weighted by molar-refractivity contribution is -0.137. The summed E-state index contributed by atoms with van der Waals surface area (Å²) >= 11 is 0. The van der Waals surface area contributed by atoms with Gasteiger partial charge >= 0.3 is 6.18 Å². The lowest BCUT2D eigenvalue weighted by Gasteiger charge is -2.13. The van der Waals surface area contributed by atoms with Crippen LogP contribution in [0.1, 0.15) is 29.4 Å². The zero-order valence-corrected chi connectivity index (χ0v) is 16.7. The number of imidazole rings is 1. The second-order valence-corrected chi connectivity index (χ2v) is 6.70. The van der Waals surface area contributed by atoms with Crippen molar-refractivity contribution in [2.45, 2.75) is 32.7 Å². The lowest BCUT2D eigenvalue weighted by Crippen LogP contribution is -2.37. The highest BCUT2D eigenvalue weighted by Gasteiger charge is 2.29. The van der Waals surface area contributed by atoms with Gasteiger partial charge in [0, 0.05) is 25.5 Å². The molecule has 1 aromatic heterocycles. The van der Waals surface area contributed by atoms with Crippen molar-refractivity contribution in [2.24, 2.45) is 4.99 Å². The molecular formula is C22H24F3N5. The Hall–Kier alpha value is -3.29. The third kappa shape index (κ3) is 6.10. The van der Waals surface area contributed by atoms with Gasteiger partial charge in [0.25, 0.3) is 0 Å². The third-order valence-electron chi connectivity index (χ3n) is 4.46. The molecule has 2 N–H and O–H groups in total. The van der Waals surface area contributed by atoms with E-state index in [1.54, 1.807) is 6.20 Å². The van der Waals surface area contributed by atoms with Crippen LogP contribution in [0.15, 0.2) is 72.0 Å². The fourth-order valence-electron chi connectivity index (χ4n) is 2.91. The van der Waals surface area contributed by atoms with Crippen LogP contribution < -0.4 is 10.6 Å². The van der Waals surface area contributed by atoms with Gasteiger partial charge in [-0.05, 0) is 30.2 Å². The maximum atomic E-state index is 12.7. The van der Waals surface area contributed by atoms with Crippen molar-refractivity contribution in [2.75, 3.05) is 6.54 Å². The van der Waals surface area contributed by atoms with E-state index in [2.05, 4.69) is 37.3 Å². The number of alkyl halides is 3. The molecule has 0 saturated carbocycles. The van der Waals surface area contributed by atoms with Crippen LogP contribution in [0, 0.1) is 0 Å². The largest absolute Gasteiger partial charge is 0.416 e. The van der Waals surface area contributed by atoms with Crippen LogP contribution in [-0.4, -0.2) is 22.1 Å². The highest BCUT2D eigenvalue weighted by atomic mass is 19.4. The van der Waals surface area contributed by atoms with Crippen molar-refractivity contribution in [3.05, 3.63) is 89.5 Å². The first-order chi connectivity index (χ1) is 14.5. The van der Waals surface area contributed by atoms with Gasteiger partial charge in [-0.15, -0.1) is 0 Å². The van der Waals surface area contributed by atoms with Crippen LogP contribution in [0.25, 0.3) is 0 Å². The molecule has 0 aliphatic carbocycles. The number of hydrogen-bond donors (Lipinski definition) is 2. The molecule has 3 rings (SSSR count). The lowest BCUT2D eigenvalue weighted by atomic mass is 10.1. The molecule has 0 amide bonds. The predicted molar refractivity (Wildman–Crippen MR) is 111 cm³/mol. The minimum Gasteiger partial charge on any atom is -0.357 e. The monoisotopic (exact) mass is 415 g/mol. The standard InChI is InChI=1S/C22H24F3N5/c1-2-26-21(28-14-17-8-10-19(11-9-17)22(23,24)25)29-15-20-27-12-13-30(20)16-18-6-4-3-5-7-18/h3-13H,2,14-16H2,1H3,(H2,26,28,29). The Labute approximate surface area is 173 Å². The normalized spacial score (nSPS) is 12.1. The average Bonchev–Trinajstić information content (AvgIpc) is 3.17. The van der Waals surface area contributed by atoms with Crippen LogP contribution in [0.2, 0.25) is 0 Å². The molecule has 3 aromatic rings. The van der Waals surface area contributed by atoms with Crippen LogP contribution in [0.3, 0.4) is 0 Å². The van der Waals surface area contributed by atoms with Gasteiger partial charge in [0.2, 0.25) is 0 Å². The Balaban J connectivity index is 1.61. The smallest absolute Gasteiger partial charge is 0.357 e. The molecule has 0 spiro atoms. The first-order valence-electron chi connectivity index (χ1n) is 9.68. The summed E-state index contributed by atoms with van der Waals surface area (Å²) in [6.07, 6.45) is -0.650. The van der Waals surface area contributed by atoms with E-state index in [4.69, 9.17) is 0 Å². The molecule has 0 bridgehead atoms. The van der Waals surface area contributed by atoms with Crippen LogP contribution in [-0.2, 0) is 25.8 Å². The maximum absolute atomic E-state index is 12.7. The molecule has 1 heterocycles. The minimum absolute atomic E-state index is 0.270. The Morgan fingerprint density at radius 2 is 1.73 bits per heavy atom. The third-order valence-corrected chi connectivity index (χ3v) is 4.46. The van der Waals surface area contributed by atoms with Crippen molar-refractivity contribution >= 4 is 5.96 Å². The molecule has 0 aliphatic rings. The van der Waals surface area contributed by atoms with Gasteiger partial charge in [-0.3, -0.25) is 0 Å². The van der Waals surface area contributed by atoms with Crippen LogP contribution >= 0.6 is 0 Å². The van der Waals surface area contributed by atoms with E-state index in [0.717, 1.165) is 24.5 Å². The predicted octanol–water partition coefficient (Wildman–Crippen LogP) is 4.21. The van der Waals surface area contributed by atoms with Crippen molar-refractivity contribution in [1.82, 2.24) is 20.2 Å². The number of aliphatic imine (C=N–C) groups is 1. The number of hydrogen-bond acceptors (Lipinski definition) is 2. The Bertz CT molecular complexity index is 947. The summed E-state index contributed by atoms with van der Waals surface area (Å²) in [5, 5.41) is 6.37. The molecule has 0 aliphatic heterocycles. The first-order valence-corrected chi connectivity index (χ1v) is 9.68. The number of halogens is 3. The number of aromatic nitrogens is 2. The molecule has 0 radical (unpaired) electrons. The molecule has 158 valence electrons. The SMILES string of the molecule is CCNC(=NCc1ccc(C(F)(F)F)cc1)NCc1nccn1Cc1ccccc1. The molecule has 0 unspecified atom stereocenters. The summed E-state index contributed by atoms with van der Waals surface area (Å²) in [6, 6.07) is 15.2. The van der Waals surface area contributed by atoms with Gasteiger partial charge in [-0.2, -0.15) is 13.2 Å². The molecule has 8 heteroatoms. The second kappa shape index (κ2) is 9.96. The number of guanidine groups is 1. The van der Waals surface area contributed by atoms with Gasteiger partial charge in [0.05, 0.1) is 18.7 Å². The average molecular weight is 415 g/mol. The van der Waals surface area contributed by atoms with E-state index in [1.165, 1.54) is 17.7 Å². The van der Waals surface area contributed by atoms with Gasteiger partial charge in [0.15, 0.2) is 5.96 Å². The van der Waals surface area contributed by atoms with Gasteiger partial charge in [-0.25, -0.2) is 9.98 Å². The van der Waals surface area contributed by atoms with E-state index in [-0.39, 0.29) is 6.54 Å². The first kappa shape index (κ1) is 21.4. The summed E-state index contributed by atoms with van der Waals surface area (Å²) in [5.74, 6) is 1.44. The van der Waals surface area contributed by atoms with E-state index in [0.29, 0.717) is 24.6 Å². The van der Waals surface area contributed by atoms with E-state index < -0.39 is 11.7 Å². The second-order valence-electron chi connectivity index (χ2n) is 6.70. The zero-order chi connectivity index (χ0) is 21.4. The van der Waals surface area contributed by atoms with E-state index >= 15 is 0 Å². The molecule has 5 nitrogen and oxygen atoms in total. The minimum atomic E-state index is -4.33. The summed E-state index contributed by atoms with van der Waals surface area (Å²) in [7, 11) is 0. The number of benzene rings is 2. The summed E-state index contributed by atoms with van der Waals surface area (Å²) in [5.41, 5.74) is 1.22. The van der Waals surface area contributed by atoms with E-state index in [9.17, 15) is 13.2 Å². The molecule has 2 aromatic carbocycles. The quantitative estimate of drug-likeness (QED) is 0.449. The molecule has 30 heavy (non-hydrogen) atoms. The summed E-state index contributed by atoms with van der Waals surface area (Å²) in [6.45, 7) is 4.07. The summed E-state index contributed by atoms with van der Waals surface area (Å²) < 4.78 is 40.1. The van der Waals surface area contributed by atoms with E-state index in [1.807, 2.05) is 31.3 Å². The van der Waals surface area contributed by atoms with Crippen LogP contribution in [0.4, 0.5) is 13.2 Å². The number of rotatable bonds is 7. The summed E-state index contributed by atoms with van der Waals surface area (Å²) in [4.78, 5) is 8.87. The topological polar surface area (TPSA) is 54.2 Å². The van der Waals surface area contributed by atoms with Crippen molar-refractivity contribution in [3.8, 4) is 0 Å². The Kier molecular flexibility index (Phi) is 7.11. The number of nitrogens with zero attached hydrogens (tertiary/aromatic N) is 3. The van der Waals surface area contributed by atoms with Gasteiger partial charge < -0.3 is 15.2 Å². The fraction of sp³-hybridized carbons (Fsp3) is 0.273. The van der Waals surface area contributed by atoms with Gasteiger partial charge in [0.1, 0.15) is 5.82 Å². The van der Waals surface area contributed by atoms with Crippen molar-refractivity contribution < 1.29 is 13.2 Å². The highest BCUT2D eigenvalue weighted by molar-refractivity contribution is 5.79. The number of nitrogens with one attached hydrogen (secondary N) is 2. The fourth-order valence-corrected chi connectivity index (χ4v) is 2.91. The Morgan fingerprint density at radius 3 is 2.40 bits per heavy atom. The zero-order valence-electron chi connectivity index (χ0n) is 16.7. The Morgan fingerprint density at radius 1 is 1.00 bits per heavy atom. The van der Waals surface area contributed by atoms with Gasteiger partial charge in [-0.1, -0.05) is 42.5 Å². The molecule has 0 saturated heterocycles. The molecule has 0 fully saturated rings. The van der Waals surface area contributed by atoms with Crippen LogP contribution in [0.5, 0.6) is 0 Å². The van der Waals surface area contributed by atoms with Crippen molar-refractivity contribution in [1.29, 1.82) is 0 Å². The highest BCUT2D eigenvalue weighted by Crippen LogP contribution is 2.29. The molecular weight excluding hydrogens is 391 g/mol. The molecule has 0 atom stereocenters.